The molecule has 0 atom stereocenters. The third-order valence-electron chi connectivity index (χ3n) is 4.80. The highest BCUT2D eigenvalue weighted by Gasteiger charge is 2.28. The standard InChI is InChI=1S/C22H25ClFN3O5S/c1-22(2,3)32-21(29)27-12-10-26(11-13-27)20(28)15-4-6-16(7-5-15)25-33(30,31)17-8-9-19(24)18(23)14-17/h4-9,14,25H,10-13H2,1-3H3. The molecule has 1 fully saturated rings. The number of piperazine rings is 1. The molecule has 8 nitrogen and oxygen atoms in total. The summed E-state index contributed by atoms with van der Waals surface area (Å²) in [6, 6.07) is 9.06. The second kappa shape index (κ2) is 9.56. The van der Waals surface area contributed by atoms with Crippen LogP contribution in [0.4, 0.5) is 14.9 Å². The van der Waals surface area contributed by atoms with Crippen molar-refractivity contribution >= 4 is 39.3 Å². The predicted octanol–water partition coefficient (Wildman–Crippen LogP) is 3.97. The van der Waals surface area contributed by atoms with Crippen molar-refractivity contribution in [1.29, 1.82) is 0 Å². The minimum atomic E-state index is -3.98. The molecule has 0 bridgehead atoms. The van der Waals surface area contributed by atoms with Gasteiger partial charge in [-0.15, -0.1) is 0 Å². The molecule has 178 valence electrons. The highest BCUT2D eigenvalue weighted by molar-refractivity contribution is 7.92. The number of hydrogen-bond acceptors (Lipinski definition) is 5. The Morgan fingerprint density at radius 1 is 1.00 bits per heavy atom. The van der Waals surface area contributed by atoms with Crippen molar-refractivity contribution in [2.45, 2.75) is 31.3 Å². The molecule has 2 amide bonds. The van der Waals surface area contributed by atoms with Gasteiger partial charge in [0.25, 0.3) is 15.9 Å². The summed E-state index contributed by atoms with van der Waals surface area (Å²) in [6.07, 6.45) is -0.409. The first kappa shape index (κ1) is 24.8. The van der Waals surface area contributed by atoms with Gasteiger partial charge < -0.3 is 14.5 Å². The SMILES string of the molecule is CC(C)(C)OC(=O)N1CCN(C(=O)c2ccc(NS(=O)(=O)c3ccc(F)c(Cl)c3)cc2)CC1. The molecule has 3 rings (SSSR count). The molecule has 0 aromatic heterocycles. The van der Waals surface area contributed by atoms with Crippen LogP contribution in [0.5, 0.6) is 0 Å². The van der Waals surface area contributed by atoms with Crippen molar-refractivity contribution in [2.75, 3.05) is 30.9 Å². The number of hydrogen-bond donors (Lipinski definition) is 1. The summed E-state index contributed by atoms with van der Waals surface area (Å²) in [6.45, 7) is 6.82. The zero-order valence-corrected chi connectivity index (χ0v) is 20.0. The maximum Gasteiger partial charge on any atom is 0.410 e. The van der Waals surface area contributed by atoms with E-state index in [1.54, 1.807) is 30.6 Å². The Bertz CT molecular complexity index is 1140. The molecular formula is C22H25ClFN3O5S. The zero-order valence-electron chi connectivity index (χ0n) is 18.5. The van der Waals surface area contributed by atoms with E-state index in [1.165, 1.54) is 24.3 Å². The van der Waals surface area contributed by atoms with Crippen LogP contribution in [0.25, 0.3) is 0 Å². The van der Waals surface area contributed by atoms with Crippen molar-refractivity contribution in [3.63, 3.8) is 0 Å². The van der Waals surface area contributed by atoms with E-state index in [0.717, 1.165) is 18.2 Å². The van der Waals surface area contributed by atoms with Crippen LogP contribution in [0.2, 0.25) is 5.02 Å². The molecule has 11 heteroatoms. The van der Waals surface area contributed by atoms with Crippen molar-refractivity contribution in [2.24, 2.45) is 0 Å². The number of benzene rings is 2. The molecule has 1 heterocycles. The summed E-state index contributed by atoms with van der Waals surface area (Å²) in [5.41, 5.74) is 0.0335. The number of halogens is 2. The van der Waals surface area contributed by atoms with Crippen molar-refractivity contribution in [3.8, 4) is 0 Å². The molecule has 0 spiro atoms. The summed E-state index contributed by atoms with van der Waals surface area (Å²) >= 11 is 5.67. The topological polar surface area (TPSA) is 96.0 Å². The van der Waals surface area contributed by atoms with Crippen LogP contribution in [-0.2, 0) is 14.8 Å². The number of nitrogens with zero attached hydrogens (tertiary/aromatic N) is 2. The molecule has 2 aromatic carbocycles. The number of sulfonamides is 1. The average molecular weight is 498 g/mol. The Hall–Kier alpha value is -2.85. The van der Waals surface area contributed by atoms with Crippen molar-refractivity contribution < 1.29 is 27.1 Å². The van der Waals surface area contributed by atoms with Crippen LogP contribution >= 0.6 is 11.6 Å². The number of anilines is 1. The van der Waals surface area contributed by atoms with E-state index in [4.69, 9.17) is 16.3 Å². The molecule has 2 aromatic rings. The van der Waals surface area contributed by atoms with Gasteiger partial charge in [-0.25, -0.2) is 17.6 Å². The largest absolute Gasteiger partial charge is 0.444 e. The lowest BCUT2D eigenvalue weighted by Crippen LogP contribution is -2.51. The molecular weight excluding hydrogens is 473 g/mol. The molecule has 1 aliphatic rings. The van der Waals surface area contributed by atoms with Gasteiger partial charge in [0.15, 0.2) is 0 Å². The van der Waals surface area contributed by atoms with Gasteiger partial charge in [0.1, 0.15) is 11.4 Å². The normalized spacial score (nSPS) is 14.7. The fourth-order valence-electron chi connectivity index (χ4n) is 3.14. The van der Waals surface area contributed by atoms with Gasteiger partial charge in [-0.1, -0.05) is 11.6 Å². The Morgan fingerprint density at radius 2 is 1.58 bits per heavy atom. The number of carbonyl (C=O) groups excluding carboxylic acids is 2. The van der Waals surface area contributed by atoms with E-state index in [-0.39, 0.29) is 21.5 Å². The minimum absolute atomic E-state index is 0.183. The lowest BCUT2D eigenvalue weighted by Gasteiger charge is -2.35. The fraction of sp³-hybridized carbons (Fsp3) is 0.364. The van der Waals surface area contributed by atoms with Gasteiger partial charge in [0, 0.05) is 37.4 Å². The Labute approximate surface area is 197 Å². The van der Waals surface area contributed by atoms with Gasteiger partial charge in [0.05, 0.1) is 9.92 Å². The van der Waals surface area contributed by atoms with Crippen LogP contribution in [0.1, 0.15) is 31.1 Å². The second-order valence-electron chi connectivity index (χ2n) is 8.52. The van der Waals surface area contributed by atoms with E-state index in [1.807, 2.05) is 0 Å². The van der Waals surface area contributed by atoms with E-state index < -0.39 is 27.5 Å². The number of ether oxygens (including phenoxy) is 1. The van der Waals surface area contributed by atoms with Crippen LogP contribution in [0, 0.1) is 5.82 Å². The third kappa shape index (κ3) is 6.35. The lowest BCUT2D eigenvalue weighted by atomic mass is 10.1. The smallest absolute Gasteiger partial charge is 0.410 e. The zero-order chi connectivity index (χ0) is 24.4. The van der Waals surface area contributed by atoms with Crippen LogP contribution in [0.15, 0.2) is 47.4 Å². The van der Waals surface area contributed by atoms with Crippen molar-refractivity contribution in [3.05, 3.63) is 58.9 Å². The van der Waals surface area contributed by atoms with Crippen LogP contribution in [0.3, 0.4) is 0 Å². The summed E-state index contributed by atoms with van der Waals surface area (Å²) in [5.74, 6) is -0.941. The molecule has 1 N–H and O–H groups in total. The highest BCUT2D eigenvalue weighted by Crippen LogP contribution is 2.22. The molecule has 0 saturated carbocycles. The van der Waals surface area contributed by atoms with Gasteiger partial charge in [-0.05, 0) is 63.2 Å². The number of rotatable bonds is 4. The average Bonchev–Trinajstić information content (AvgIpc) is 2.74. The van der Waals surface area contributed by atoms with Crippen LogP contribution in [-0.4, -0.2) is 62.0 Å². The number of carbonyl (C=O) groups is 2. The van der Waals surface area contributed by atoms with Gasteiger partial charge in [0.2, 0.25) is 0 Å². The Balaban J connectivity index is 1.60. The molecule has 0 radical (unpaired) electrons. The maximum absolute atomic E-state index is 13.3. The van der Waals surface area contributed by atoms with E-state index in [9.17, 15) is 22.4 Å². The van der Waals surface area contributed by atoms with Crippen LogP contribution < -0.4 is 4.72 Å². The monoisotopic (exact) mass is 497 g/mol. The van der Waals surface area contributed by atoms with E-state index in [2.05, 4.69) is 4.72 Å². The van der Waals surface area contributed by atoms with E-state index in [0.29, 0.717) is 31.7 Å². The quantitative estimate of drug-likeness (QED) is 0.689. The molecule has 0 aliphatic carbocycles. The molecule has 1 aliphatic heterocycles. The lowest BCUT2D eigenvalue weighted by molar-refractivity contribution is 0.0141. The number of nitrogens with one attached hydrogen (secondary N) is 1. The fourth-order valence-corrected chi connectivity index (χ4v) is 4.47. The molecule has 1 saturated heterocycles. The first-order valence-corrected chi connectivity index (χ1v) is 12.1. The first-order valence-electron chi connectivity index (χ1n) is 10.2. The first-order chi connectivity index (χ1) is 15.4. The van der Waals surface area contributed by atoms with Gasteiger partial charge in [-0.2, -0.15) is 0 Å². The van der Waals surface area contributed by atoms with E-state index >= 15 is 0 Å². The minimum Gasteiger partial charge on any atom is -0.444 e. The van der Waals surface area contributed by atoms with Gasteiger partial charge in [-0.3, -0.25) is 9.52 Å². The molecule has 0 unspecified atom stereocenters. The molecule has 33 heavy (non-hydrogen) atoms. The highest BCUT2D eigenvalue weighted by atomic mass is 35.5. The Kier molecular flexibility index (Phi) is 7.18. The second-order valence-corrected chi connectivity index (χ2v) is 10.6. The third-order valence-corrected chi connectivity index (χ3v) is 6.47. The summed E-state index contributed by atoms with van der Waals surface area (Å²) < 4.78 is 46.0. The summed E-state index contributed by atoms with van der Waals surface area (Å²) in [7, 11) is -3.98. The maximum atomic E-state index is 13.3. The summed E-state index contributed by atoms with van der Waals surface area (Å²) in [5, 5.41) is -0.300. The summed E-state index contributed by atoms with van der Waals surface area (Å²) in [4.78, 5) is 28.0. The van der Waals surface area contributed by atoms with Gasteiger partial charge >= 0.3 is 6.09 Å². The van der Waals surface area contributed by atoms with Crippen molar-refractivity contribution in [1.82, 2.24) is 9.80 Å². The Morgan fingerprint density at radius 3 is 2.12 bits per heavy atom. The number of amides is 2. The predicted molar refractivity (Wildman–Crippen MR) is 122 cm³/mol.